The maximum Gasteiger partial charge on any atom is 0.253 e. The number of imidazole rings is 1. The molecule has 1 aromatic heterocycles. The third kappa shape index (κ3) is 3.66. The third-order valence-electron chi connectivity index (χ3n) is 4.54. The third-order valence-corrected chi connectivity index (χ3v) is 4.54. The fourth-order valence-corrected chi connectivity index (χ4v) is 3.18. The number of likely N-dealkylation sites (tertiary alicyclic amines) is 1. The number of nitrogens with zero attached hydrogens (tertiary/aromatic N) is 3. The lowest BCUT2D eigenvalue weighted by atomic mass is 10.1. The second kappa shape index (κ2) is 7.59. The number of ether oxygens (including phenoxy) is 1. The summed E-state index contributed by atoms with van der Waals surface area (Å²) >= 11 is 0. The highest BCUT2D eigenvalue weighted by Gasteiger charge is 2.28. The lowest BCUT2D eigenvalue weighted by molar-refractivity contribution is 0.0751. The van der Waals surface area contributed by atoms with E-state index in [1.807, 2.05) is 39.9 Å². The Kier molecular flexibility index (Phi) is 5.27. The van der Waals surface area contributed by atoms with Gasteiger partial charge in [-0.15, -0.1) is 0 Å². The van der Waals surface area contributed by atoms with Crippen molar-refractivity contribution in [1.29, 1.82) is 0 Å². The minimum absolute atomic E-state index is 0.0115. The molecular formula is C18H23N3O3. The highest BCUT2D eigenvalue weighted by atomic mass is 16.5. The van der Waals surface area contributed by atoms with E-state index in [0.29, 0.717) is 38.1 Å². The summed E-state index contributed by atoms with van der Waals surface area (Å²) in [5, 5.41) is 10.4. The van der Waals surface area contributed by atoms with Gasteiger partial charge in [0.15, 0.2) is 0 Å². The molecule has 1 aliphatic rings. The van der Waals surface area contributed by atoms with Crippen molar-refractivity contribution in [1.82, 2.24) is 14.5 Å². The van der Waals surface area contributed by atoms with Crippen LogP contribution in [0.3, 0.4) is 0 Å². The van der Waals surface area contributed by atoms with E-state index >= 15 is 0 Å². The molecule has 0 bridgehead atoms. The van der Waals surface area contributed by atoms with Crippen molar-refractivity contribution in [3.05, 3.63) is 54.1 Å². The van der Waals surface area contributed by atoms with Gasteiger partial charge in [0.25, 0.3) is 5.91 Å². The van der Waals surface area contributed by atoms with E-state index in [1.165, 1.54) is 0 Å². The molecule has 128 valence electrons. The van der Waals surface area contributed by atoms with Crippen LogP contribution in [0, 0.1) is 0 Å². The smallest absolute Gasteiger partial charge is 0.253 e. The molecule has 6 nitrogen and oxygen atoms in total. The molecule has 1 saturated heterocycles. The molecule has 2 atom stereocenters. The lowest BCUT2D eigenvalue weighted by Gasteiger charge is -2.21. The van der Waals surface area contributed by atoms with E-state index in [-0.39, 0.29) is 11.9 Å². The Bertz CT molecular complexity index is 655. The average Bonchev–Trinajstić information content (AvgIpc) is 3.05. The summed E-state index contributed by atoms with van der Waals surface area (Å²) in [4.78, 5) is 18.6. The molecule has 24 heavy (non-hydrogen) atoms. The largest absolute Gasteiger partial charge is 0.391 e. The molecule has 1 aliphatic heterocycles. The maximum absolute atomic E-state index is 12.7. The summed E-state index contributed by atoms with van der Waals surface area (Å²) < 4.78 is 7.02. The summed E-state index contributed by atoms with van der Waals surface area (Å²) in [6.45, 7) is 1.72. The van der Waals surface area contributed by atoms with Gasteiger partial charge in [0.05, 0.1) is 25.1 Å². The number of aromatic nitrogens is 2. The minimum Gasteiger partial charge on any atom is -0.391 e. The molecule has 6 heteroatoms. The van der Waals surface area contributed by atoms with Crippen molar-refractivity contribution in [2.75, 3.05) is 20.2 Å². The molecule has 2 heterocycles. The molecule has 3 rings (SSSR count). The van der Waals surface area contributed by atoms with Crippen LogP contribution in [0.2, 0.25) is 0 Å². The quantitative estimate of drug-likeness (QED) is 0.930. The molecule has 1 aromatic carbocycles. The number of aliphatic hydroxyl groups excluding tert-OH is 1. The zero-order valence-electron chi connectivity index (χ0n) is 13.8. The van der Waals surface area contributed by atoms with Gasteiger partial charge in [0.1, 0.15) is 0 Å². The number of aliphatic hydroxyl groups is 1. The molecular weight excluding hydrogens is 306 g/mol. The lowest BCUT2D eigenvalue weighted by Crippen LogP contribution is -2.32. The van der Waals surface area contributed by atoms with Crippen molar-refractivity contribution in [3.8, 4) is 0 Å². The van der Waals surface area contributed by atoms with E-state index in [2.05, 4.69) is 4.98 Å². The van der Waals surface area contributed by atoms with Crippen LogP contribution in [0.1, 0.15) is 34.8 Å². The number of hydrogen-bond acceptors (Lipinski definition) is 4. The van der Waals surface area contributed by atoms with Crippen LogP contribution < -0.4 is 0 Å². The number of carbonyl (C=O) groups excluding carboxylic acids is 1. The van der Waals surface area contributed by atoms with Gasteiger partial charge in [-0.25, -0.2) is 4.98 Å². The molecule has 0 radical (unpaired) electrons. The fourth-order valence-electron chi connectivity index (χ4n) is 3.18. The first-order valence-corrected chi connectivity index (χ1v) is 8.21. The Morgan fingerprint density at radius 2 is 2.04 bits per heavy atom. The SMILES string of the molecule is COCc1ccc(C(=O)N2CC[C@H](O)[C@@H](n3ccnc3)CC2)cc1. The molecule has 1 N–H and O–H groups in total. The number of rotatable bonds is 4. The van der Waals surface area contributed by atoms with Gasteiger partial charge in [-0.1, -0.05) is 12.1 Å². The van der Waals surface area contributed by atoms with Crippen LogP contribution in [0.4, 0.5) is 0 Å². The molecule has 2 aromatic rings. The van der Waals surface area contributed by atoms with Gasteiger partial charge in [0, 0.05) is 38.2 Å². The first-order valence-electron chi connectivity index (χ1n) is 8.21. The zero-order chi connectivity index (χ0) is 16.9. The topological polar surface area (TPSA) is 67.6 Å². The number of amides is 1. The van der Waals surface area contributed by atoms with E-state index in [4.69, 9.17) is 4.74 Å². The maximum atomic E-state index is 12.7. The van der Waals surface area contributed by atoms with E-state index in [1.54, 1.807) is 19.6 Å². The number of benzene rings is 1. The Hall–Kier alpha value is -2.18. The first kappa shape index (κ1) is 16.7. The monoisotopic (exact) mass is 329 g/mol. The van der Waals surface area contributed by atoms with Gasteiger partial charge in [-0.3, -0.25) is 4.79 Å². The van der Waals surface area contributed by atoms with Gasteiger partial charge in [0.2, 0.25) is 0 Å². The van der Waals surface area contributed by atoms with Crippen molar-refractivity contribution < 1.29 is 14.6 Å². The van der Waals surface area contributed by atoms with Gasteiger partial charge in [-0.2, -0.15) is 0 Å². The Labute approximate surface area is 141 Å². The molecule has 0 spiro atoms. The van der Waals surface area contributed by atoms with Crippen molar-refractivity contribution in [3.63, 3.8) is 0 Å². The highest BCUT2D eigenvalue weighted by Crippen LogP contribution is 2.24. The second-order valence-electron chi connectivity index (χ2n) is 6.14. The summed E-state index contributed by atoms with van der Waals surface area (Å²) in [6.07, 6.45) is 6.10. The number of methoxy groups -OCH3 is 1. The Morgan fingerprint density at radius 1 is 1.29 bits per heavy atom. The molecule has 0 aliphatic carbocycles. The molecule has 0 unspecified atom stereocenters. The first-order chi connectivity index (χ1) is 11.7. The van der Waals surface area contributed by atoms with Crippen LogP contribution in [0.25, 0.3) is 0 Å². The van der Waals surface area contributed by atoms with Crippen molar-refractivity contribution >= 4 is 5.91 Å². The normalized spacial score (nSPS) is 21.5. The number of hydrogen-bond donors (Lipinski definition) is 1. The van der Waals surface area contributed by atoms with Gasteiger partial charge >= 0.3 is 0 Å². The molecule has 1 amide bonds. The van der Waals surface area contributed by atoms with Gasteiger partial charge in [-0.05, 0) is 30.5 Å². The molecule has 1 fully saturated rings. The Morgan fingerprint density at radius 3 is 2.71 bits per heavy atom. The fraction of sp³-hybridized carbons (Fsp3) is 0.444. The van der Waals surface area contributed by atoms with Crippen LogP contribution in [0.15, 0.2) is 43.0 Å². The second-order valence-corrected chi connectivity index (χ2v) is 6.14. The predicted octanol–water partition coefficient (Wildman–Crippen LogP) is 1.87. The summed E-state index contributed by atoms with van der Waals surface area (Å²) in [5.41, 5.74) is 1.71. The van der Waals surface area contributed by atoms with E-state index in [9.17, 15) is 9.90 Å². The summed E-state index contributed by atoms with van der Waals surface area (Å²) in [5.74, 6) is 0.0115. The van der Waals surface area contributed by atoms with Gasteiger partial charge < -0.3 is 19.3 Å². The average molecular weight is 329 g/mol. The van der Waals surface area contributed by atoms with Crippen molar-refractivity contribution in [2.24, 2.45) is 0 Å². The highest BCUT2D eigenvalue weighted by molar-refractivity contribution is 5.94. The predicted molar refractivity (Wildman–Crippen MR) is 89.6 cm³/mol. The summed E-state index contributed by atoms with van der Waals surface area (Å²) in [6, 6.07) is 7.47. The summed E-state index contributed by atoms with van der Waals surface area (Å²) in [7, 11) is 1.65. The van der Waals surface area contributed by atoms with Crippen LogP contribution in [0.5, 0.6) is 0 Å². The Balaban J connectivity index is 1.67. The van der Waals surface area contributed by atoms with Crippen LogP contribution >= 0.6 is 0 Å². The zero-order valence-corrected chi connectivity index (χ0v) is 13.8. The van der Waals surface area contributed by atoms with Crippen LogP contribution in [-0.2, 0) is 11.3 Å². The number of carbonyl (C=O) groups is 1. The standard InChI is InChI=1S/C18H23N3O3/c1-24-12-14-2-4-15(5-3-14)18(23)20-9-6-16(17(22)7-10-20)21-11-8-19-13-21/h2-5,8,11,13,16-17,22H,6-7,9-10,12H2,1H3/t16-,17-/m0/s1. The van der Waals surface area contributed by atoms with E-state index in [0.717, 1.165) is 5.56 Å². The minimum atomic E-state index is -0.471. The molecule has 0 saturated carbocycles. The van der Waals surface area contributed by atoms with Crippen molar-refractivity contribution in [2.45, 2.75) is 31.6 Å². The van der Waals surface area contributed by atoms with E-state index < -0.39 is 6.10 Å². The van der Waals surface area contributed by atoms with Crippen LogP contribution in [-0.4, -0.2) is 51.8 Å².